The van der Waals surface area contributed by atoms with Gasteiger partial charge in [-0.15, -0.1) is 0 Å². The minimum Gasteiger partial charge on any atom is -0.309 e. The second kappa shape index (κ2) is 6.29. The summed E-state index contributed by atoms with van der Waals surface area (Å²) in [5, 5.41) is 3.43. The van der Waals surface area contributed by atoms with Crippen molar-refractivity contribution in [2.24, 2.45) is 0 Å². The van der Waals surface area contributed by atoms with Crippen LogP contribution < -0.4 is 10.9 Å². The number of likely N-dealkylation sites (N-methyl/N-ethyl adjacent to an activating group) is 1. The van der Waals surface area contributed by atoms with E-state index in [1.165, 1.54) is 23.4 Å². The number of hydrogen-bond donors (Lipinski definition) is 1. The molecule has 1 N–H and O–H groups in total. The highest BCUT2D eigenvalue weighted by molar-refractivity contribution is 5.28. The number of aromatic nitrogens is 2. The molecule has 0 spiro atoms. The molecule has 0 radical (unpaired) electrons. The van der Waals surface area contributed by atoms with Gasteiger partial charge >= 0.3 is 0 Å². The first kappa shape index (κ1) is 13.5. The first-order valence-electron chi connectivity index (χ1n) is 6.51. The maximum absolute atomic E-state index is 11.8. The molecule has 100 valence electrons. The molecule has 0 saturated carbocycles. The maximum Gasteiger partial charge on any atom is 0.253 e. The van der Waals surface area contributed by atoms with E-state index in [2.05, 4.69) is 36.3 Å². The van der Waals surface area contributed by atoms with Crippen LogP contribution in [0, 0.1) is 6.92 Å². The molecule has 1 aromatic heterocycles. The molecule has 19 heavy (non-hydrogen) atoms. The summed E-state index contributed by atoms with van der Waals surface area (Å²) in [5.41, 5.74) is 2.43. The lowest BCUT2D eigenvalue weighted by atomic mass is 10.0. The Hall–Kier alpha value is -1.94. The van der Waals surface area contributed by atoms with Gasteiger partial charge < -0.3 is 5.32 Å². The summed E-state index contributed by atoms with van der Waals surface area (Å²) in [6, 6.07) is 9.85. The molecule has 0 aliphatic heterocycles. The fourth-order valence-corrected chi connectivity index (χ4v) is 2.21. The Morgan fingerprint density at radius 3 is 2.79 bits per heavy atom. The number of rotatable bonds is 5. The van der Waals surface area contributed by atoms with Crippen molar-refractivity contribution >= 4 is 0 Å². The van der Waals surface area contributed by atoms with Crippen molar-refractivity contribution in [1.82, 2.24) is 14.9 Å². The number of aryl methyl sites for hydroxylation is 1. The van der Waals surface area contributed by atoms with E-state index in [-0.39, 0.29) is 11.6 Å². The maximum atomic E-state index is 11.8. The number of nitrogens with zero attached hydrogens (tertiary/aromatic N) is 2. The van der Waals surface area contributed by atoms with Crippen LogP contribution in [0.15, 0.2) is 47.7 Å². The van der Waals surface area contributed by atoms with Gasteiger partial charge in [0.25, 0.3) is 5.56 Å². The summed E-state index contributed by atoms with van der Waals surface area (Å²) >= 11 is 0. The third-order valence-electron chi connectivity index (χ3n) is 3.19. The molecule has 0 bridgehead atoms. The third kappa shape index (κ3) is 3.29. The molecule has 0 aliphatic rings. The van der Waals surface area contributed by atoms with E-state index in [1.54, 1.807) is 10.9 Å². The van der Waals surface area contributed by atoms with Crippen LogP contribution in [0.3, 0.4) is 0 Å². The van der Waals surface area contributed by atoms with Crippen LogP contribution in [0.1, 0.15) is 24.1 Å². The van der Waals surface area contributed by atoms with Crippen LogP contribution in [0.2, 0.25) is 0 Å². The van der Waals surface area contributed by atoms with Crippen molar-refractivity contribution < 1.29 is 0 Å². The summed E-state index contributed by atoms with van der Waals surface area (Å²) in [5.74, 6) is 0. The molecule has 2 rings (SSSR count). The molecule has 1 atom stereocenters. The van der Waals surface area contributed by atoms with Crippen LogP contribution in [0.4, 0.5) is 0 Å². The highest BCUT2D eigenvalue weighted by atomic mass is 16.1. The largest absolute Gasteiger partial charge is 0.309 e. The summed E-state index contributed by atoms with van der Waals surface area (Å²) in [4.78, 5) is 15.8. The first-order valence-corrected chi connectivity index (χ1v) is 6.51. The van der Waals surface area contributed by atoms with E-state index in [4.69, 9.17) is 0 Å². The molecule has 0 saturated heterocycles. The van der Waals surface area contributed by atoms with E-state index in [9.17, 15) is 4.79 Å². The normalized spacial score (nSPS) is 12.3. The van der Waals surface area contributed by atoms with Gasteiger partial charge in [0.2, 0.25) is 0 Å². The molecule has 2 aromatic rings. The molecular weight excluding hydrogens is 238 g/mol. The molecule has 4 nitrogen and oxygen atoms in total. The Morgan fingerprint density at radius 2 is 2.11 bits per heavy atom. The Labute approximate surface area is 113 Å². The Balaban J connectivity index is 2.29. The molecule has 0 aliphatic carbocycles. The van der Waals surface area contributed by atoms with Crippen molar-refractivity contribution in [2.45, 2.75) is 26.4 Å². The van der Waals surface area contributed by atoms with Gasteiger partial charge in [-0.3, -0.25) is 9.36 Å². The van der Waals surface area contributed by atoms with Gasteiger partial charge in [0.05, 0.1) is 12.4 Å². The van der Waals surface area contributed by atoms with E-state index in [0.29, 0.717) is 6.54 Å². The van der Waals surface area contributed by atoms with Crippen molar-refractivity contribution in [2.75, 3.05) is 6.54 Å². The zero-order valence-corrected chi connectivity index (χ0v) is 11.3. The van der Waals surface area contributed by atoms with E-state index >= 15 is 0 Å². The van der Waals surface area contributed by atoms with Gasteiger partial charge in [0.1, 0.15) is 0 Å². The second-order valence-electron chi connectivity index (χ2n) is 4.54. The zero-order valence-electron chi connectivity index (χ0n) is 11.3. The minimum atomic E-state index is -0.0218. The lowest BCUT2D eigenvalue weighted by Crippen LogP contribution is -2.30. The Kier molecular flexibility index (Phi) is 4.47. The summed E-state index contributed by atoms with van der Waals surface area (Å²) in [7, 11) is 0. The summed E-state index contributed by atoms with van der Waals surface area (Å²) < 4.78 is 1.64. The number of benzene rings is 1. The topological polar surface area (TPSA) is 46.9 Å². The van der Waals surface area contributed by atoms with Crippen molar-refractivity contribution in [3.05, 3.63) is 64.3 Å². The lowest BCUT2D eigenvalue weighted by Gasteiger charge is -2.21. The Bertz CT molecular complexity index is 592. The fraction of sp³-hybridized carbons (Fsp3) is 0.333. The number of nitrogens with one attached hydrogen (secondary N) is 1. The second-order valence-corrected chi connectivity index (χ2v) is 4.54. The highest BCUT2D eigenvalue weighted by Gasteiger charge is 2.13. The van der Waals surface area contributed by atoms with E-state index in [1.807, 2.05) is 12.1 Å². The Morgan fingerprint density at radius 1 is 1.32 bits per heavy atom. The first-order chi connectivity index (χ1) is 9.22. The van der Waals surface area contributed by atoms with E-state index in [0.717, 1.165) is 6.54 Å². The van der Waals surface area contributed by atoms with Crippen LogP contribution >= 0.6 is 0 Å². The molecule has 4 heteroatoms. The number of hydrogen-bond acceptors (Lipinski definition) is 3. The van der Waals surface area contributed by atoms with Crippen LogP contribution in [-0.4, -0.2) is 16.1 Å². The van der Waals surface area contributed by atoms with Crippen molar-refractivity contribution in [1.29, 1.82) is 0 Å². The van der Waals surface area contributed by atoms with Gasteiger partial charge in [-0.25, -0.2) is 4.98 Å². The average molecular weight is 257 g/mol. The van der Waals surface area contributed by atoms with Gasteiger partial charge in [0.15, 0.2) is 0 Å². The molecule has 0 amide bonds. The van der Waals surface area contributed by atoms with Gasteiger partial charge in [0, 0.05) is 18.8 Å². The van der Waals surface area contributed by atoms with E-state index < -0.39 is 0 Å². The summed E-state index contributed by atoms with van der Waals surface area (Å²) in [6.45, 7) is 5.60. The van der Waals surface area contributed by atoms with Crippen LogP contribution in [0.5, 0.6) is 0 Å². The monoisotopic (exact) mass is 257 g/mol. The van der Waals surface area contributed by atoms with Crippen LogP contribution in [-0.2, 0) is 6.54 Å². The van der Waals surface area contributed by atoms with Gasteiger partial charge in [-0.05, 0) is 24.6 Å². The molecule has 1 heterocycles. The lowest BCUT2D eigenvalue weighted by molar-refractivity contribution is 0.462. The third-order valence-corrected chi connectivity index (χ3v) is 3.19. The molecule has 0 fully saturated rings. The predicted molar refractivity (Wildman–Crippen MR) is 76.1 cm³/mol. The zero-order chi connectivity index (χ0) is 13.7. The standard InChI is InChI=1S/C15H19N3O/c1-3-17-14(13-7-5-4-6-12(13)2)10-18-11-16-9-8-15(18)19/h4-9,11,14,17H,3,10H2,1-2H3. The summed E-state index contributed by atoms with van der Waals surface area (Å²) in [6.07, 6.45) is 3.11. The highest BCUT2D eigenvalue weighted by Crippen LogP contribution is 2.18. The van der Waals surface area contributed by atoms with Crippen molar-refractivity contribution in [3.63, 3.8) is 0 Å². The minimum absolute atomic E-state index is 0.0218. The van der Waals surface area contributed by atoms with Gasteiger partial charge in [-0.2, -0.15) is 0 Å². The molecular formula is C15H19N3O. The van der Waals surface area contributed by atoms with Crippen molar-refractivity contribution in [3.8, 4) is 0 Å². The quantitative estimate of drug-likeness (QED) is 0.890. The predicted octanol–water partition coefficient (Wildman–Crippen LogP) is 1.90. The molecule has 1 aromatic carbocycles. The molecule has 1 unspecified atom stereocenters. The van der Waals surface area contributed by atoms with Crippen LogP contribution in [0.25, 0.3) is 0 Å². The van der Waals surface area contributed by atoms with Gasteiger partial charge in [-0.1, -0.05) is 31.2 Å². The smallest absolute Gasteiger partial charge is 0.253 e. The fourth-order valence-electron chi connectivity index (χ4n) is 2.21. The average Bonchev–Trinajstić information content (AvgIpc) is 2.41. The SMILES string of the molecule is CCNC(Cn1cnccc1=O)c1ccccc1C.